The Bertz CT molecular complexity index is 167. The van der Waals surface area contributed by atoms with E-state index >= 15 is 0 Å². The second-order valence-corrected chi connectivity index (χ2v) is 4.87. The van der Waals surface area contributed by atoms with E-state index in [2.05, 4.69) is 11.8 Å². The fraction of sp³-hybridized carbons (Fsp3) is 1.00. The Balaban J connectivity index is 2.06. The zero-order chi connectivity index (χ0) is 11.8. The second kappa shape index (κ2) is 8.04. The molecule has 3 nitrogen and oxygen atoms in total. The smallest absolute Gasteiger partial charge is 0.0702 e. The van der Waals surface area contributed by atoms with Gasteiger partial charge in [-0.05, 0) is 52.1 Å². The summed E-state index contributed by atoms with van der Waals surface area (Å²) in [5, 5.41) is 9.17. The van der Waals surface area contributed by atoms with E-state index < -0.39 is 0 Å². The zero-order valence-corrected chi connectivity index (χ0v) is 10.8. The minimum atomic E-state index is -0.145. The van der Waals surface area contributed by atoms with Gasteiger partial charge >= 0.3 is 0 Å². The lowest BCUT2D eigenvalue weighted by Crippen LogP contribution is -2.32. The summed E-state index contributed by atoms with van der Waals surface area (Å²) in [6.45, 7) is 8.36. The number of likely N-dealkylation sites (N-methyl/N-ethyl adjacent to an activating group) is 1. The molecule has 1 rings (SSSR count). The summed E-state index contributed by atoms with van der Waals surface area (Å²) in [4.78, 5) is 2.47. The van der Waals surface area contributed by atoms with Crippen LogP contribution in [-0.2, 0) is 4.74 Å². The molecule has 0 spiro atoms. The summed E-state index contributed by atoms with van der Waals surface area (Å²) >= 11 is 0. The molecule has 0 bridgehead atoms. The van der Waals surface area contributed by atoms with Crippen molar-refractivity contribution < 1.29 is 9.84 Å². The molecule has 0 aromatic rings. The minimum absolute atomic E-state index is 0.145. The molecule has 1 fully saturated rings. The van der Waals surface area contributed by atoms with Crippen molar-refractivity contribution in [2.24, 2.45) is 0 Å². The van der Waals surface area contributed by atoms with Crippen LogP contribution in [0, 0.1) is 0 Å². The Labute approximate surface area is 99.8 Å². The van der Waals surface area contributed by atoms with E-state index in [1.54, 1.807) is 0 Å². The molecule has 3 heteroatoms. The van der Waals surface area contributed by atoms with Crippen molar-refractivity contribution in [3.8, 4) is 0 Å². The first-order valence-corrected chi connectivity index (χ1v) is 6.74. The molecule has 0 radical (unpaired) electrons. The van der Waals surface area contributed by atoms with E-state index in [1.807, 2.05) is 6.92 Å². The summed E-state index contributed by atoms with van der Waals surface area (Å²) in [6, 6.07) is 0. The molecule has 2 atom stereocenters. The van der Waals surface area contributed by atoms with E-state index in [0.717, 1.165) is 39.1 Å². The number of hydrogen-bond donors (Lipinski definition) is 1. The maximum atomic E-state index is 9.17. The summed E-state index contributed by atoms with van der Waals surface area (Å²) < 4.78 is 5.65. The van der Waals surface area contributed by atoms with Crippen LogP contribution in [0.2, 0.25) is 0 Å². The molecule has 16 heavy (non-hydrogen) atoms. The number of ether oxygens (including phenoxy) is 1. The highest BCUT2D eigenvalue weighted by Crippen LogP contribution is 2.13. The summed E-state index contributed by atoms with van der Waals surface area (Å²) in [7, 11) is 0. The van der Waals surface area contributed by atoms with Gasteiger partial charge in [-0.2, -0.15) is 0 Å². The third-order valence-corrected chi connectivity index (χ3v) is 3.28. The fourth-order valence-corrected chi connectivity index (χ4v) is 2.23. The van der Waals surface area contributed by atoms with Crippen molar-refractivity contribution in [3.63, 3.8) is 0 Å². The Morgan fingerprint density at radius 3 is 2.81 bits per heavy atom. The number of hydrogen-bond acceptors (Lipinski definition) is 3. The van der Waals surface area contributed by atoms with Crippen LogP contribution in [0.25, 0.3) is 0 Å². The van der Waals surface area contributed by atoms with Crippen molar-refractivity contribution in [3.05, 3.63) is 0 Å². The van der Waals surface area contributed by atoms with E-state index in [0.29, 0.717) is 6.10 Å². The normalized spacial score (nSPS) is 22.9. The highest BCUT2D eigenvalue weighted by atomic mass is 16.5. The predicted molar refractivity (Wildman–Crippen MR) is 66.6 cm³/mol. The lowest BCUT2D eigenvalue weighted by Gasteiger charge is -2.23. The van der Waals surface area contributed by atoms with E-state index in [-0.39, 0.29) is 6.10 Å². The number of rotatable bonds is 8. The Morgan fingerprint density at radius 1 is 1.44 bits per heavy atom. The van der Waals surface area contributed by atoms with Crippen LogP contribution in [0.3, 0.4) is 0 Å². The van der Waals surface area contributed by atoms with Gasteiger partial charge < -0.3 is 14.7 Å². The lowest BCUT2D eigenvalue weighted by atomic mass is 10.1. The predicted octanol–water partition coefficient (Wildman–Crippen LogP) is 2.04. The van der Waals surface area contributed by atoms with Gasteiger partial charge in [-0.15, -0.1) is 0 Å². The monoisotopic (exact) mass is 229 g/mol. The maximum absolute atomic E-state index is 9.17. The molecule has 0 aromatic carbocycles. The third-order valence-electron chi connectivity index (χ3n) is 3.28. The quantitative estimate of drug-likeness (QED) is 0.647. The van der Waals surface area contributed by atoms with Crippen molar-refractivity contribution >= 4 is 0 Å². The molecule has 2 unspecified atom stereocenters. The molecular formula is C13H27NO2. The number of nitrogens with zero attached hydrogens (tertiary/aromatic N) is 1. The zero-order valence-electron chi connectivity index (χ0n) is 10.8. The molecule has 0 saturated carbocycles. The third kappa shape index (κ3) is 5.83. The SMILES string of the molecule is CCN(CCCCC(C)O)CC1CCCO1. The summed E-state index contributed by atoms with van der Waals surface area (Å²) in [5.74, 6) is 0. The Kier molecular flexibility index (Phi) is 7.01. The average Bonchev–Trinajstić information content (AvgIpc) is 2.75. The summed E-state index contributed by atoms with van der Waals surface area (Å²) in [6.07, 6.45) is 6.02. The van der Waals surface area contributed by atoms with Crippen molar-refractivity contribution in [2.75, 3.05) is 26.2 Å². The van der Waals surface area contributed by atoms with Gasteiger partial charge in [0, 0.05) is 13.2 Å². The van der Waals surface area contributed by atoms with Gasteiger partial charge in [-0.3, -0.25) is 0 Å². The lowest BCUT2D eigenvalue weighted by molar-refractivity contribution is 0.0737. The first-order chi connectivity index (χ1) is 7.72. The molecule has 1 aliphatic heterocycles. The fourth-order valence-electron chi connectivity index (χ4n) is 2.23. The van der Waals surface area contributed by atoms with Gasteiger partial charge in [0.05, 0.1) is 12.2 Å². The molecule has 1 aliphatic rings. The highest BCUT2D eigenvalue weighted by Gasteiger charge is 2.17. The Hall–Kier alpha value is -0.120. The van der Waals surface area contributed by atoms with Crippen LogP contribution in [0.15, 0.2) is 0 Å². The van der Waals surface area contributed by atoms with Gasteiger partial charge in [0.15, 0.2) is 0 Å². The maximum Gasteiger partial charge on any atom is 0.0702 e. The van der Waals surface area contributed by atoms with Gasteiger partial charge in [0.25, 0.3) is 0 Å². The first-order valence-electron chi connectivity index (χ1n) is 6.74. The molecule has 1 N–H and O–H groups in total. The molecule has 0 aromatic heterocycles. The van der Waals surface area contributed by atoms with Crippen LogP contribution in [0.1, 0.15) is 46.0 Å². The van der Waals surface area contributed by atoms with Gasteiger partial charge in [0.1, 0.15) is 0 Å². The van der Waals surface area contributed by atoms with Crippen molar-refractivity contribution in [1.29, 1.82) is 0 Å². The van der Waals surface area contributed by atoms with Crippen LogP contribution < -0.4 is 0 Å². The number of aliphatic hydroxyl groups excluding tert-OH is 1. The minimum Gasteiger partial charge on any atom is -0.393 e. The largest absolute Gasteiger partial charge is 0.393 e. The molecule has 0 aliphatic carbocycles. The Morgan fingerprint density at radius 2 is 2.25 bits per heavy atom. The molecular weight excluding hydrogens is 202 g/mol. The van der Waals surface area contributed by atoms with Crippen LogP contribution in [0.4, 0.5) is 0 Å². The van der Waals surface area contributed by atoms with Gasteiger partial charge in [-0.25, -0.2) is 0 Å². The van der Waals surface area contributed by atoms with Crippen molar-refractivity contribution in [1.82, 2.24) is 4.90 Å². The standard InChI is InChI=1S/C13H27NO2/c1-3-14(9-5-4-7-12(2)15)11-13-8-6-10-16-13/h12-13,15H,3-11H2,1-2H3. The van der Waals surface area contributed by atoms with E-state index in [4.69, 9.17) is 4.74 Å². The van der Waals surface area contributed by atoms with E-state index in [9.17, 15) is 5.11 Å². The first kappa shape index (κ1) is 13.9. The van der Waals surface area contributed by atoms with Gasteiger partial charge in [-0.1, -0.05) is 6.92 Å². The van der Waals surface area contributed by atoms with Gasteiger partial charge in [0.2, 0.25) is 0 Å². The molecule has 0 amide bonds. The highest BCUT2D eigenvalue weighted by molar-refractivity contribution is 4.70. The van der Waals surface area contributed by atoms with Crippen LogP contribution >= 0.6 is 0 Å². The van der Waals surface area contributed by atoms with Crippen LogP contribution in [-0.4, -0.2) is 48.5 Å². The molecule has 1 heterocycles. The van der Waals surface area contributed by atoms with Crippen molar-refractivity contribution in [2.45, 2.75) is 58.2 Å². The van der Waals surface area contributed by atoms with E-state index in [1.165, 1.54) is 19.3 Å². The second-order valence-electron chi connectivity index (χ2n) is 4.87. The summed E-state index contributed by atoms with van der Waals surface area (Å²) in [5.41, 5.74) is 0. The molecule has 96 valence electrons. The number of unbranched alkanes of at least 4 members (excludes halogenated alkanes) is 1. The molecule has 1 saturated heterocycles. The number of aliphatic hydroxyl groups is 1. The average molecular weight is 229 g/mol. The van der Waals surface area contributed by atoms with Crippen LogP contribution in [0.5, 0.6) is 0 Å². The topological polar surface area (TPSA) is 32.7 Å².